The van der Waals surface area contributed by atoms with E-state index in [9.17, 15) is 74.0 Å². The van der Waals surface area contributed by atoms with Crippen molar-refractivity contribution < 1.29 is 105 Å². The smallest absolute Gasteiger partial charge is 0.464 e. The molecule has 0 spiro atoms. The van der Waals surface area contributed by atoms with Gasteiger partial charge in [-0.3, -0.25) is 54.8 Å². The minimum absolute atomic E-state index is 0.239. The molecule has 0 fully saturated rings. The molecule has 4 aromatic carbocycles. The number of carbonyl (C=O) groups excluding carboxylic acids is 7. The Balaban J connectivity index is 1.55. The zero-order chi connectivity index (χ0) is 56.2. The summed E-state index contributed by atoms with van der Waals surface area (Å²) in [6.45, 7) is -3.72. The first-order valence-electron chi connectivity index (χ1n) is 21.2. The van der Waals surface area contributed by atoms with Crippen molar-refractivity contribution in [2.45, 2.75) is 20.8 Å². The minimum atomic E-state index is -2.23. The Morgan fingerprint density at radius 3 is 0.776 bits per heavy atom. The first-order chi connectivity index (χ1) is 35.8. The van der Waals surface area contributed by atoms with E-state index in [1.807, 2.05) is 5.92 Å². The fraction of sp³-hybridized carbons (Fsp3) is 0.283. The molecule has 0 radical (unpaired) electrons. The number of esters is 3. The van der Waals surface area contributed by atoms with Gasteiger partial charge in [0.05, 0.1) is 19.7 Å². The molecule has 76 heavy (non-hydrogen) atoms. The highest BCUT2D eigenvalue weighted by Crippen LogP contribution is 2.30. The summed E-state index contributed by atoms with van der Waals surface area (Å²) in [5, 5.41) is 44.1. The van der Waals surface area contributed by atoms with Crippen molar-refractivity contribution in [3.63, 3.8) is 0 Å². The minimum Gasteiger partial charge on any atom is -0.464 e. The Morgan fingerprint density at radius 1 is 0.382 bits per heavy atom. The highest BCUT2D eigenvalue weighted by Gasteiger charge is 2.46. The molecule has 4 rings (SSSR count). The Hall–Kier alpha value is -10.5. The molecule has 4 aromatic rings. The Labute approximate surface area is 426 Å². The molecule has 400 valence electrons. The summed E-state index contributed by atoms with van der Waals surface area (Å²) in [6.07, 6.45) is -0.656. The Bertz CT molecular complexity index is 2540. The van der Waals surface area contributed by atoms with Crippen molar-refractivity contribution >= 4 is 65.3 Å². The van der Waals surface area contributed by atoms with Gasteiger partial charge in [-0.25, -0.2) is 19.2 Å². The summed E-state index contributed by atoms with van der Waals surface area (Å²) in [5.74, 6) is -2.94. The van der Waals surface area contributed by atoms with Gasteiger partial charge in [-0.2, -0.15) is 0 Å². The predicted molar refractivity (Wildman–Crippen MR) is 246 cm³/mol. The van der Waals surface area contributed by atoms with Gasteiger partial charge in [0.1, 0.15) is 78.9 Å². The number of nitro benzene ring substituents is 4. The lowest BCUT2D eigenvalue weighted by molar-refractivity contribution is -0.385. The number of terminal acetylenes is 1. The maximum atomic E-state index is 14.0. The van der Waals surface area contributed by atoms with Crippen LogP contribution < -0.4 is 18.9 Å². The molecule has 30 heteroatoms. The van der Waals surface area contributed by atoms with E-state index in [1.165, 1.54) is 0 Å². The van der Waals surface area contributed by atoms with Crippen LogP contribution in [-0.4, -0.2) is 108 Å². The number of rotatable bonds is 24. The van der Waals surface area contributed by atoms with E-state index >= 15 is 0 Å². The van der Waals surface area contributed by atoms with Crippen LogP contribution in [0.2, 0.25) is 0 Å². The van der Waals surface area contributed by atoms with E-state index in [0.29, 0.717) is 0 Å². The molecule has 0 aliphatic heterocycles. The normalized spacial score (nSPS) is 10.9. The third kappa shape index (κ3) is 17.4. The zero-order valence-electron chi connectivity index (χ0n) is 39.7. The van der Waals surface area contributed by atoms with Crippen molar-refractivity contribution in [3.05, 3.63) is 138 Å². The number of hydrogen-bond donors (Lipinski definition) is 0. The van der Waals surface area contributed by atoms with Crippen molar-refractivity contribution in [2.75, 3.05) is 46.2 Å². The van der Waals surface area contributed by atoms with Crippen LogP contribution in [0.5, 0.6) is 23.0 Å². The molecule has 0 bridgehead atoms. The van der Waals surface area contributed by atoms with Gasteiger partial charge in [0.25, 0.3) is 22.7 Å². The highest BCUT2D eigenvalue weighted by molar-refractivity contribution is 5.82. The number of benzene rings is 4. The molecule has 0 unspecified atom stereocenters. The standard InChI is InChI=1S/C46H40N4O26/c1-5-22-66-37(51)44(2,23-67-38(52)45(3,25-69-40(54)73-33-14-6-29(7-15-33)47(58)59)26-70-41(55)74-34-16-8-30(9-17-34)48(60)61)24-68-39(53)46(4,27-71-42(56)75-35-18-10-31(11-19-35)49(62)63)28-72-43(57)76-36-20-12-32(13-21-36)50(64)65/h1,6-21H,22-28H2,2-4H3. The average molecular weight is 1060 g/mol. The molecule has 0 saturated carbocycles. The van der Waals surface area contributed by atoms with E-state index in [0.717, 1.165) is 118 Å². The SMILES string of the molecule is C#CCOC(=O)C(C)(COC(=O)C(C)(COC(=O)Oc1ccc([N+](=O)[O-])cc1)COC(=O)Oc1ccc([N+](=O)[O-])cc1)COC(=O)C(C)(COC(=O)Oc1ccc([N+](=O)[O-])cc1)COC(=O)Oc1ccc([N+](=O)[O-])cc1. The highest BCUT2D eigenvalue weighted by atomic mass is 16.8. The van der Waals surface area contributed by atoms with E-state index < -0.39 is 125 Å². The van der Waals surface area contributed by atoms with Gasteiger partial charge in [-0.05, 0) is 69.3 Å². The molecule has 0 saturated heterocycles. The topological polar surface area (TPSA) is 394 Å². The zero-order valence-corrected chi connectivity index (χ0v) is 39.7. The molecule has 0 heterocycles. The Kier molecular flexibility index (Phi) is 20.1. The van der Waals surface area contributed by atoms with Crippen molar-refractivity contribution in [2.24, 2.45) is 16.2 Å². The predicted octanol–water partition coefficient (Wildman–Crippen LogP) is 6.76. The van der Waals surface area contributed by atoms with Gasteiger partial charge in [-0.1, -0.05) is 5.92 Å². The van der Waals surface area contributed by atoms with Gasteiger partial charge >= 0.3 is 42.5 Å². The fourth-order valence-electron chi connectivity index (χ4n) is 5.48. The quantitative estimate of drug-likeness (QED) is 0.0174. The second-order valence-corrected chi connectivity index (χ2v) is 16.2. The van der Waals surface area contributed by atoms with Crippen LogP contribution in [0.4, 0.5) is 41.9 Å². The summed E-state index contributed by atoms with van der Waals surface area (Å²) >= 11 is 0. The molecule has 0 N–H and O–H groups in total. The van der Waals surface area contributed by atoms with E-state index in [4.69, 9.17) is 58.5 Å². The summed E-state index contributed by atoms with van der Waals surface area (Å²) < 4.78 is 56.4. The molecule has 0 atom stereocenters. The second-order valence-electron chi connectivity index (χ2n) is 16.2. The summed E-state index contributed by atoms with van der Waals surface area (Å²) in [5.41, 5.74) is -8.09. The lowest BCUT2D eigenvalue weighted by Crippen LogP contribution is -2.47. The molecular weight excluding hydrogens is 1020 g/mol. The number of carbonyl (C=O) groups is 7. The molecular formula is C46H40N4O26. The first-order valence-corrected chi connectivity index (χ1v) is 21.2. The number of hydrogen-bond acceptors (Lipinski definition) is 26. The van der Waals surface area contributed by atoms with E-state index in [1.54, 1.807) is 0 Å². The first kappa shape index (κ1) is 58.1. The van der Waals surface area contributed by atoms with Crippen LogP contribution in [0.25, 0.3) is 0 Å². The molecule has 0 aliphatic rings. The van der Waals surface area contributed by atoms with Crippen molar-refractivity contribution in [1.82, 2.24) is 0 Å². The number of nitro groups is 4. The van der Waals surface area contributed by atoms with Crippen molar-refractivity contribution in [1.29, 1.82) is 0 Å². The molecule has 0 aromatic heterocycles. The van der Waals surface area contributed by atoms with Crippen LogP contribution in [-0.2, 0) is 47.5 Å². The summed E-state index contributed by atoms with van der Waals surface area (Å²) in [4.78, 5) is 134. The third-order valence-electron chi connectivity index (χ3n) is 9.84. The third-order valence-corrected chi connectivity index (χ3v) is 9.84. The summed E-state index contributed by atoms with van der Waals surface area (Å²) in [6, 6.07) is 16.5. The lowest BCUT2D eigenvalue weighted by Gasteiger charge is -2.31. The van der Waals surface area contributed by atoms with Crippen LogP contribution in [0, 0.1) is 69.0 Å². The molecule has 0 amide bonds. The second kappa shape index (κ2) is 26.3. The van der Waals surface area contributed by atoms with Crippen LogP contribution >= 0.6 is 0 Å². The Morgan fingerprint density at radius 2 is 0.579 bits per heavy atom. The van der Waals surface area contributed by atoms with Gasteiger partial charge in [0, 0.05) is 48.5 Å². The van der Waals surface area contributed by atoms with Crippen LogP contribution in [0.1, 0.15) is 20.8 Å². The number of ether oxygens (including phenoxy) is 11. The van der Waals surface area contributed by atoms with Crippen LogP contribution in [0.3, 0.4) is 0 Å². The van der Waals surface area contributed by atoms with Crippen molar-refractivity contribution in [3.8, 4) is 35.3 Å². The van der Waals surface area contributed by atoms with Gasteiger partial charge in [-0.15, -0.1) is 6.42 Å². The van der Waals surface area contributed by atoms with Gasteiger partial charge < -0.3 is 52.1 Å². The van der Waals surface area contributed by atoms with E-state index in [2.05, 4.69) is 0 Å². The monoisotopic (exact) mass is 1060 g/mol. The number of nitrogens with zero attached hydrogens (tertiary/aromatic N) is 4. The fourth-order valence-corrected chi connectivity index (χ4v) is 5.48. The maximum Gasteiger partial charge on any atom is 0.513 e. The summed E-state index contributed by atoms with van der Waals surface area (Å²) in [7, 11) is 0. The van der Waals surface area contributed by atoms with Gasteiger partial charge in [0.15, 0.2) is 6.61 Å². The lowest BCUT2D eigenvalue weighted by atomic mass is 9.90. The largest absolute Gasteiger partial charge is 0.513 e. The van der Waals surface area contributed by atoms with Gasteiger partial charge in [0.2, 0.25) is 0 Å². The molecule has 0 aliphatic carbocycles. The van der Waals surface area contributed by atoms with Crippen LogP contribution in [0.15, 0.2) is 97.1 Å². The number of non-ortho nitro benzene ring substituents is 4. The molecule has 30 nitrogen and oxygen atoms in total. The maximum absolute atomic E-state index is 14.0. The van der Waals surface area contributed by atoms with E-state index in [-0.39, 0.29) is 45.7 Å². The average Bonchev–Trinajstić information content (AvgIpc) is 3.39.